The molecule has 1 N–H and O–H groups in total. The molecule has 0 amide bonds. The normalized spacial score (nSPS) is 13.2. The lowest BCUT2D eigenvalue weighted by Gasteiger charge is -2.23. The van der Waals surface area contributed by atoms with Gasteiger partial charge in [0.05, 0.1) is 9.89 Å². The minimum atomic E-state index is -0.326. The van der Waals surface area contributed by atoms with E-state index in [1.807, 2.05) is 55.5 Å². The standard InChI is InChI=1S/C17H18BrNO2/c1-17(18,12-19-15-10-6-3-7-11-15)13-21-16(20)14-8-4-2-5-9-14/h2-11,19H,12-13H2,1H3. The van der Waals surface area contributed by atoms with Gasteiger partial charge in [0.25, 0.3) is 0 Å². The summed E-state index contributed by atoms with van der Waals surface area (Å²) in [4.78, 5) is 11.9. The number of benzene rings is 2. The number of para-hydroxylation sites is 1. The summed E-state index contributed by atoms with van der Waals surface area (Å²) in [5, 5.41) is 3.31. The van der Waals surface area contributed by atoms with Gasteiger partial charge in [0, 0.05) is 12.2 Å². The Morgan fingerprint density at radius 1 is 1.10 bits per heavy atom. The van der Waals surface area contributed by atoms with Crippen molar-refractivity contribution in [2.75, 3.05) is 18.5 Å². The summed E-state index contributed by atoms with van der Waals surface area (Å²) in [7, 11) is 0. The summed E-state index contributed by atoms with van der Waals surface area (Å²) in [5.74, 6) is -0.305. The molecule has 1 atom stereocenters. The molecular formula is C17H18BrNO2. The van der Waals surface area contributed by atoms with Crippen molar-refractivity contribution in [1.29, 1.82) is 0 Å². The molecule has 2 rings (SSSR count). The lowest BCUT2D eigenvalue weighted by Crippen LogP contribution is -2.33. The molecule has 21 heavy (non-hydrogen) atoms. The molecule has 0 saturated carbocycles. The van der Waals surface area contributed by atoms with E-state index >= 15 is 0 Å². The van der Waals surface area contributed by atoms with Gasteiger partial charge in [-0.1, -0.05) is 52.3 Å². The topological polar surface area (TPSA) is 38.3 Å². The molecule has 110 valence electrons. The van der Waals surface area contributed by atoms with Gasteiger partial charge < -0.3 is 10.1 Å². The van der Waals surface area contributed by atoms with E-state index in [4.69, 9.17) is 4.74 Å². The number of rotatable bonds is 6. The molecule has 2 aromatic carbocycles. The number of hydrogen-bond acceptors (Lipinski definition) is 3. The number of alkyl halides is 1. The Hall–Kier alpha value is -1.81. The van der Waals surface area contributed by atoms with Crippen LogP contribution in [0.15, 0.2) is 60.7 Å². The number of ether oxygens (including phenoxy) is 1. The first kappa shape index (κ1) is 15.6. The van der Waals surface area contributed by atoms with Gasteiger partial charge in [0.2, 0.25) is 0 Å². The van der Waals surface area contributed by atoms with E-state index in [9.17, 15) is 4.79 Å². The molecule has 0 saturated heterocycles. The summed E-state index contributed by atoms with van der Waals surface area (Å²) in [6.45, 7) is 2.93. The number of halogens is 1. The second-order valence-corrected chi connectivity index (χ2v) is 6.99. The fourth-order valence-electron chi connectivity index (χ4n) is 1.77. The van der Waals surface area contributed by atoms with Crippen LogP contribution < -0.4 is 5.32 Å². The highest BCUT2D eigenvalue weighted by Gasteiger charge is 2.23. The zero-order valence-electron chi connectivity index (χ0n) is 11.9. The molecule has 0 spiro atoms. The first-order valence-electron chi connectivity index (χ1n) is 6.77. The van der Waals surface area contributed by atoms with Crippen LogP contribution in [-0.4, -0.2) is 23.4 Å². The summed E-state index contributed by atoms with van der Waals surface area (Å²) < 4.78 is 5.03. The predicted octanol–water partition coefficient (Wildman–Crippen LogP) is 4.11. The van der Waals surface area contributed by atoms with E-state index in [2.05, 4.69) is 21.2 Å². The molecule has 0 aliphatic rings. The van der Waals surface area contributed by atoms with Gasteiger partial charge in [-0.25, -0.2) is 4.79 Å². The lowest BCUT2D eigenvalue weighted by atomic mass is 10.2. The Bertz CT molecular complexity index is 570. The zero-order valence-corrected chi connectivity index (χ0v) is 13.5. The van der Waals surface area contributed by atoms with Gasteiger partial charge in [-0.2, -0.15) is 0 Å². The number of nitrogens with one attached hydrogen (secondary N) is 1. The monoisotopic (exact) mass is 347 g/mol. The fourth-order valence-corrected chi connectivity index (χ4v) is 2.02. The molecule has 0 heterocycles. The number of anilines is 1. The minimum Gasteiger partial charge on any atom is -0.461 e. The largest absolute Gasteiger partial charge is 0.461 e. The second kappa shape index (κ2) is 7.27. The first-order chi connectivity index (χ1) is 10.1. The molecule has 0 bridgehead atoms. The summed E-state index contributed by atoms with van der Waals surface area (Å²) in [5.41, 5.74) is 1.61. The van der Waals surface area contributed by atoms with Crippen molar-refractivity contribution in [1.82, 2.24) is 0 Å². The van der Waals surface area contributed by atoms with Crippen molar-refractivity contribution in [2.45, 2.75) is 11.2 Å². The van der Waals surface area contributed by atoms with Crippen molar-refractivity contribution < 1.29 is 9.53 Å². The van der Waals surface area contributed by atoms with E-state index in [0.29, 0.717) is 18.7 Å². The predicted molar refractivity (Wildman–Crippen MR) is 89.0 cm³/mol. The Balaban J connectivity index is 1.82. The molecule has 0 fully saturated rings. The van der Waals surface area contributed by atoms with Gasteiger partial charge in [-0.3, -0.25) is 0 Å². The quantitative estimate of drug-likeness (QED) is 0.631. The number of hydrogen-bond donors (Lipinski definition) is 1. The summed E-state index contributed by atoms with van der Waals surface area (Å²) >= 11 is 3.60. The highest BCUT2D eigenvalue weighted by Crippen LogP contribution is 2.19. The molecule has 0 aliphatic carbocycles. The van der Waals surface area contributed by atoms with E-state index in [1.165, 1.54) is 0 Å². The third-order valence-corrected chi connectivity index (χ3v) is 3.46. The lowest BCUT2D eigenvalue weighted by molar-refractivity contribution is 0.0478. The third kappa shape index (κ3) is 5.23. The van der Waals surface area contributed by atoms with E-state index < -0.39 is 0 Å². The van der Waals surface area contributed by atoms with Crippen molar-refractivity contribution >= 4 is 27.6 Å². The van der Waals surface area contributed by atoms with Crippen LogP contribution in [0.3, 0.4) is 0 Å². The van der Waals surface area contributed by atoms with Crippen LogP contribution in [0.4, 0.5) is 5.69 Å². The highest BCUT2D eigenvalue weighted by molar-refractivity contribution is 9.10. The van der Waals surface area contributed by atoms with Crippen molar-refractivity contribution in [2.24, 2.45) is 0 Å². The molecule has 0 aliphatic heterocycles. The van der Waals surface area contributed by atoms with Gasteiger partial charge in [0.15, 0.2) is 0 Å². The van der Waals surface area contributed by atoms with Crippen LogP contribution in [0, 0.1) is 0 Å². The fraction of sp³-hybridized carbons (Fsp3) is 0.235. The van der Waals surface area contributed by atoms with Crippen LogP contribution in [-0.2, 0) is 4.74 Å². The van der Waals surface area contributed by atoms with E-state index in [1.54, 1.807) is 12.1 Å². The van der Waals surface area contributed by atoms with Gasteiger partial charge >= 0.3 is 5.97 Å². The minimum absolute atomic E-state index is 0.292. The molecule has 0 aromatic heterocycles. The number of carbonyl (C=O) groups is 1. The first-order valence-corrected chi connectivity index (χ1v) is 7.56. The van der Waals surface area contributed by atoms with Crippen LogP contribution in [0.2, 0.25) is 0 Å². The second-order valence-electron chi connectivity index (χ2n) is 5.08. The van der Waals surface area contributed by atoms with Gasteiger partial charge in [0.1, 0.15) is 6.61 Å². The van der Waals surface area contributed by atoms with Crippen LogP contribution in [0.25, 0.3) is 0 Å². The Kier molecular flexibility index (Phi) is 5.39. The Morgan fingerprint density at radius 3 is 2.29 bits per heavy atom. The summed E-state index contributed by atoms with van der Waals surface area (Å²) in [6, 6.07) is 18.9. The molecular weight excluding hydrogens is 330 g/mol. The van der Waals surface area contributed by atoms with Crippen LogP contribution in [0.5, 0.6) is 0 Å². The van der Waals surface area contributed by atoms with Gasteiger partial charge in [-0.05, 0) is 31.2 Å². The molecule has 4 heteroatoms. The van der Waals surface area contributed by atoms with Gasteiger partial charge in [-0.15, -0.1) is 0 Å². The maximum atomic E-state index is 11.9. The smallest absolute Gasteiger partial charge is 0.338 e. The molecule has 0 radical (unpaired) electrons. The summed E-state index contributed by atoms with van der Waals surface area (Å²) in [6.07, 6.45) is 0. The van der Waals surface area contributed by atoms with E-state index in [0.717, 1.165) is 5.69 Å². The maximum absolute atomic E-state index is 11.9. The molecule has 3 nitrogen and oxygen atoms in total. The SMILES string of the molecule is CC(Br)(CNc1ccccc1)COC(=O)c1ccccc1. The van der Waals surface area contributed by atoms with Crippen molar-refractivity contribution in [3.05, 3.63) is 66.2 Å². The zero-order chi connectivity index (χ0) is 15.1. The van der Waals surface area contributed by atoms with Crippen LogP contribution >= 0.6 is 15.9 Å². The Labute approximate surface area is 133 Å². The molecule has 2 aromatic rings. The number of carbonyl (C=O) groups excluding carboxylic acids is 1. The average molecular weight is 348 g/mol. The van der Waals surface area contributed by atoms with Crippen molar-refractivity contribution in [3.8, 4) is 0 Å². The Morgan fingerprint density at radius 2 is 1.67 bits per heavy atom. The average Bonchev–Trinajstić information content (AvgIpc) is 2.53. The number of esters is 1. The highest BCUT2D eigenvalue weighted by atomic mass is 79.9. The maximum Gasteiger partial charge on any atom is 0.338 e. The molecule has 1 unspecified atom stereocenters. The third-order valence-electron chi connectivity index (χ3n) is 2.95. The van der Waals surface area contributed by atoms with Crippen LogP contribution in [0.1, 0.15) is 17.3 Å². The van der Waals surface area contributed by atoms with E-state index in [-0.39, 0.29) is 10.3 Å². The van der Waals surface area contributed by atoms with Crippen molar-refractivity contribution in [3.63, 3.8) is 0 Å².